The predicted molar refractivity (Wildman–Crippen MR) is 109 cm³/mol. The first kappa shape index (κ1) is 19.0. The maximum atomic E-state index is 12.3. The molecule has 0 atom stereocenters. The minimum Gasteiger partial charge on any atom is -0.360 e. The Morgan fingerprint density at radius 1 is 1.12 bits per heavy atom. The van der Waals surface area contributed by atoms with Gasteiger partial charge in [0.25, 0.3) is 5.91 Å². The van der Waals surface area contributed by atoms with Crippen molar-refractivity contribution in [2.75, 3.05) is 42.9 Å². The lowest BCUT2D eigenvalue weighted by molar-refractivity contribution is -0.892. The Labute approximate surface area is 164 Å². The molecular formula is C20H24Cl2N3O+. The number of quaternary nitrogens is 1. The zero-order valence-electron chi connectivity index (χ0n) is 14.9. The van der Waals surface area contributed by atoms with Crippen LogP contribution < -0.4 is 15.1 Å². The number of anilines is 2. The topological polar surface area (TPSA) is 36.8 Å². The molecule has 0 radical (unpaired) electrons. The molecule has 2 aromatic rings. The van der Waals surface area contributed by atoms with E-state index in [-0.39, 0.29) is 5.91 Å². The molecule has 1 saturated heterocycles. The van der Waals surface area contributed by atoms with Crippen LogP contribution in [0.3, 0.4) is 0 Å². The van der Waals surface area contributed by atoms with Crippen LogP contribution in [0.2, 0.25) is 10.0 Å². The molecule has 0 bridgehead atoms. The van der Waals surface area contributed by atoms with E-state index in [1.54, 1.807) is 18.2 Å². The van der Waals surface area contributed by atoms with Gasteiger partial charge in [0.1, 0.15) is 0 Å². The number of halogens is 2. The molecule has 26 heavy (non-hydrogen) atoms. The summed E-state index contributed by atoms with van der Waals surface area (Å²) in [5.41, 5.74) is 3.18. The summed E-state index contributed by atoms with van der Waals surface area (Å²) in [6.45, 7) is 6.38. The number of benzene rings is 2. The second kappa shape index (κ2) is 8.76. The summed E-state index contributed by atoms with van der Waals surface area (Å²) in [5.74, 6) is -0.0371. The van der Waals surface area contributed by atoms with E-state index >= 15 is 0 Å². The van der Waals surface area contributed by atoms with Gasteiger partial charge in [-0.05, 0) is 42.3 Å². The van der Waals surface area contributed by atoms with Crippen molar-refractivity contribution in [3.05, 3.63) is 58.1 Å². The summed E-state index contributed by atoms with van der Waals surface area (Å²) in [4.78, 5) is 16.0. The molecule has 1 aliphatic heterocycles. The molecule has 0 aliphatic carbocycles. The highest BCUT2D eigenvalue weighted by Gasteiger charge is 2.22. The molecule has 1 fully saturated rings. The molecule has 3 rings (SSSR count). The van der Waals surface area contributed by atoms with E-state index in [1.165, 1.54) is 16.2 Å². The van der Waals surface area contributed by atoms with Crippen molar-refractivity contribution < 1.29 is 9.69 Å². The number of nitrogens with zero attached hydrogens (tertiary/aromatic N) is 1. The zero-order valence-corrected chi connectivity index (χ0v) is 16.4. The van der Waals surface area contributed by atoms with Crippen molar-refractivity contribution >= 4 is 40.5 Å². The van der Waals surface area contributed by atoms with Gasteiger partial charge >= 0.3 is 0 Å². The van der Waals surface area contributed by atoms with Crippen LogP contribution in [0, 0.1) is 0 Å². The number of aryl methyl sites for hydroxylation is 1. The number of amides is 1. The van der Waals surface area contributed by atoms with Crippen LogP contribution in [0.1, 0.15) is 12.5 Å². The van der Waals surface area contributed by atoms with Gasteiger partial charge in [-0.1, -0.05) is 42.3 Å². The lowest BCUT2D eigenvalue weighted by atomic mass is 10.1. The van der Waals surface area contributed by atoms with E-state index in [2.05, 4.69) is 41.4 Å². The van der Waals surface area contributed by atoms with Crippen molar-refractivity contribution in [3.8, 4) is 0 Å². The first-order valence-electron chi connectivity index (χ1n) is 8.97. The first-order chi connectivity index (χ1) is 12.5. The molecule has 4 nitrogen and oxygen atoms in total. The first-order valence-corrected chi connectivity index (χ1v) is 9.73. The van der Waals surface area contributed by atoms with Crippen LogP contribution in [0.5, 0.6) is 0 Å². The van der Waals surface area contributed by atoms with Gasteiger partial charge in [-0.25, -0.2) is 0 Å². The standard InChI is InChI=1S/C20H23Cl2N3O/c1-2-15-3-6-17(7-4-15)25-11-9-24(10-12-25)14-20(26)23-19-13-16(21)5-8-18(19)22/h3-8,13H,2,9-12,14H2,1H3,(H,23,26)/p+1. The summed E-state index contributed by atoms with van der Waals surface area (Å²) < 4.78 is 0. The molecule has 0 spiro atoms. The zero-order chi connectivity index (χ0) is 18.5. The SMILES string of the molecule is CCc1ccc(N2CC[NH+](CC(=O)Nc3cc(Cl)ccc3Cl)CC2)cc1. The third-order valence-corrected chi connectivity index (χ3v) is 5.36. The maximum absolute atomic E-state index is 12.3. The van der Waals surface area contributed by atoms with Crippen molar-refractivity contribution in [3.63, 3.8) is 0 Å². The second-order valence-electron chi connectivity index (χ2n) is 6.61. The fraction of sp³-hybridized carbons (Fsp3) is 0.350. The van der Waals surface area contributed by atoms with Crippen molar-refractivity contribution in [1.82, 2.24) is 0 Å². The smallest absolute Gasteiger partial charge is 0.279 e. The molecule has 2 N–H and O–H groups in total. The van der Waals surface area contributed by atoms with Gasteiger partial charge in [-0.15, -0.1) is 0 Å². The third kappa shape index (κ3) is 4.91. The Morgan fingerprint density at radius 3 is 2.46 bits per heavy atom. The number of hydrogen-bond acceptors (Lipinski definition) is 2. The molecule has 1 aliphatic rings. The monoisotopic (exact) mass is 392 g/mol. The number of carbonyl (C=O) groups is 1. The fourth-order valence-electron chi connectivity index (χ4n) is 3.22. The average molecular weight is 393 g/mol. The van der Waals surface area contributed by atoms with Gasteiger partial charge in [0.05, 0.1) is 36.9 Å². The molecule has 6 heteroatoms. The van der Waals surface area contributed by atoms with Gasteiger partial charge in [-0.3, -0.25) is 4.79 Å². The van der Waals surface area contributed by atoms with Crippen LogP contribution in [-0.2, 0) is 11.2 Å². The van der Waals surface area contributed by atoms with Gasteiger partial charge in [0, 0.05) is 10.7 Å². The van der Waals surface area contributed by atoms with E-state index in [1.807, 2.05) is 0 Å². The number of carbonyl (C=O) groups excluding carboxylic acids is 1. The average Bonchev–Trinajstić information content (AvgIpc) is 2.65. The minimum absolute atomic E-state index is 0.0371. The summed E-state index contributed by atoms with van der Waals surface area (Å²) in [7, 11) is 0. The molecule has 2 aromatic carbocycles. The Morgan fingerprint density at radius 2 is 1.81 bits per heavy atom. The number of hydrogen-bond donors (Lipinski definition) is 2. The molecule has 1 heterocycles. The van der Waals surface area contributed by atoms with Crippen LogP contribution in [0.15, 0.2) is 42.5 Å². The van der Waals surface area contributed by atoms with Crippen LogP contribution in [0.4, 0.5) is 11.4 Å². The van der Waals surface area contributed by atoms with Gasteiger partial charge < -0.3 is 15.1 Å². The number of nitrogens with one attached hydrogen (secondary N) is 2. The Hall–Kier alpha value is -1.75. The van der Waals surface area contributed by atoms with E-state index in [4.69, 9.17) is 23.2 Å². The molecule has 1 amide bonds. The van der Waals surface area contributed by atoms with E-state index < -0.39 is 0 Å². The highest BCUT2D eigenvalue weighted by Crippen LogP contribution is 2.25. The van der Waals surface area contributed by atoms with E-state index in [0.717, 1.165) is 32.6 Å². The van der Waals surface area contributed by atoms with Crippen LogP contribution in [-0.4, -0.2) is 38.6 Å². The van der Waals surface area contributed by atoms with Gasteiger partial charge in [0.15, 0.2) is 6.54 Å². The summed E-state index contributed by atoms with van der Waals surface area (Å²) >= 11 is 12.1. The van der Waals surface area contributed by atoms with E-state index in [9.17, 15) is 4.79 Å². The lowest BCUT2D eigenvalue weighted by Gasteiger charge is -2.33. The Balaban J connectivity index is 1.50. The Bertz CT molecular complexity index is 756. The molecular weight excluding hydrogens is 369 g/mol. The van der Waals surface area contributed by atoms with Crippen LogP contribution in [0.25, 0.3) is 0 Å². The highest BCUT2D eigenvalue weighted by atomic mass is 35.5. The largest absolute Gasteiger partial charge is 0.360 e. The van der Waals surface area contributed by atoms with Crippen molar-refractivity contribution in [1.29, 1.82) is 0 Å². The molecule has 0 unspecified atom stereocenters. The second-order valence-corrected chi connectivity index (χ2v) is 7.45. The van der Waals surface area contributed by atoms with Gasteiger partial charge in [-0.2, -0.15) is 0 Å². The van der Waals surface area contributed by atoms with Gasteiger partial charge in [0.2, 0.25) is 0 Å². The molecule has 0 aromatic heterocycles. The highest BCUT2D eigenvalue weighted by molar-refractivity contribution is 6.35. The third-order valence-electron chi connectivity index (χ3n) is 4.79. The summed E-state index contributed by atoms with van der Waals surface area (Å²) in [6, 6.07) is 13.8. The fourth-order valence-corrected chi connectivity index (χ4v) is 3.55. The molecule has 0 saturated carbocycles. The number of rotatable bonds is 5. The summed E-state index contributed by atoms with van der Waals surface area (Å²) in [6.07, 6.45) is 1.06. The van der Waals surface area contributed by atoms with Crippen molar-refractivity contribution in [2.24, 2.45) is 0 Å². The quantitative estimate of drug-likeness (QED) is 0.820. The summed E-state index contributed by atoms with van der Waals surface area (Å²) in [5, 5.41) is 3.92. The normalized spacial score (nSPS) is 15.1. The Kier molecular flexibility index (Phi) is 6.41. The minimum atomic E-state index is -0.0371. The predicted octanol–water partition coefficient (Wildman–Crippen LogP) is 2.90. The van der Waals surface area contributed by atoms with Crippen molar-refractivity contribution in [2.45, 2.75) is 13.3 Å². The lowest BCUT2D eigenvalue weighted by Crippen LogP contribution is -3.15. The van der Waals surface area contributed by atoms with Crippen LogP contribution >= 0.6 is 23.2 Å². The number of piperazine rings is 1. The maximum Gasteiger partial charge on any atom is 0.279 e. The van der Waals surface area contributed by atoms with E-state index in [0.29, 0.717) is 22.3 Å². The molecule has 138 valence electrons.